The molecule has 14 heavy (non-hydrogen) atoms. The maximum absolute atomic E-state index is 12.8. The first kappa shape index (κ1) is 11.8. The number of hydrogen-bond donors (Lipinski definition) is 0. The van der Waals surface area contributed by atoms with Crippen molar-refractivity contribution in [3.8, 4) is 0 Å². The van der Waals surface area contributed by atoms with Crippen LogP contribution in [0.3, 0.4) is 0 Å². The van der Waals surface area contributed by atoms with E-state index < -0.39 is 15.9 Å². The molecule has 6 heteroatoms. The Morgan fingerprint density at radius 3 is 2.43 bits per heavy atom. The van der Waals surface area contributed by atoms with E-state index in [0.29, 0.717) is 6.42 Å². The van der Waals surface area contributed by atoms with Gasteiger partial charge in [-0.05, 0) is 12.3 Å². The molecule has 3 nitrogen and oxygen atoms in total. The van der Waals surface area contributed by atoms with Crippen molar-refractivity contribution < 1.29 is 17.2 Å². The van der Waals surface area contributed by atoms with Crippen molar-refractivity contribution in [2.45, 2.75) is 25.2 Å². The third kappa shape index (κ3) is 3.16. The maximum atomic E-state index is 12.8. The number of hydrogen-bond acceptors (Lipinski definition) is 2. The highest BCUT2D eigenvalue weighted by molar-refractivity contribution is 7.88. The zero-order valence-corrected chi connectivity index (χ0v) is 9.15. The van der Waals surface area contributed by atoms with Gasteiger partial charge in [-0.2, -0.15) is 0 Å². The summed E-state index contributed by atoms with van der Waals surface area (Å²) in [5, 5.41) is 0. The van der Waals surface area contributed by atoms with Crippen LogP contribution in [0.2, 0.25) is 0 Å². The molecule has 0 saturated heterocycles. The average molecular weight is 227 g/mol. The molecule has 1 fully saturated rings. The van der Waals surface area contributed by atoms with Gasteiger partial charge in [0.2, 0.25) is 15.9 Å². The van der Waals surface area contributed by atoms with E-state index in [1.165, 1.54) is 7.05 Å². The minimum Gasteiger partial charge on any atom is -0.213 e. The van der Waals surface area contributed by atoms with Crippen LogP contribution >= 0.6 is 0 Å². The lowest BCUT2D eigenvalue weighted by molar-refractivity contribution is 0.00452. The molecule has 0 aromatic heterocycles. The van der Waals surface area contributed by atoms with Crippen LogP contribution in [0, 0.1) is 5.92 Å². The minimum atomic E-state index is -3.24. The Bertz CT molecular complexity index is 302. The van der Waals surface area contributed by atoms with Crippen molar-refractivity contribution in [1.82, 2.24) is 4.31 Å². The van der Waals surface area contributed by atoms with E-state index in [0.717, 1.165) is 10.6 Å². The van der Waals surface area contributed by atoms with Crippen molar-refractivity contribution in [3.05, 3.63) is 0 Å². The van der Waals surface area contributed by atoms with Crippen LogP contribution in [0.25, 0.3) is 0 Å². The quantitative estimate of drug-likeness (QED) is 0.729. The molecule has 0 aliphatic heterocycles. The Kier molecular flexibility index (Phi) is 3.16. The molecule has 1 aliphatic rings. The zero-order valence-electron chi connectivity index (χ0n) is 8.33. The second-order valence-corrected chi connectivity index (χ2v) is 6.10. The fourth-order valence-electron chi connectivity index (χ4n) is 1.70. The lowest BCUT2D eigenvalue weighted by Crippen LogP contribution is -2.30. The summed E-state index contributed by atoms with van der Waals surface area (Å²) < 4.78 is 48.7. The summed E-state index contributed by atoms with van der Waals surface area (Å²) in [5.41, 5.74) is 0. The van der Waals surface area contributed by atoms with Crippen LogP contribution in [0.1, 0.15) is 19.3 Å². The summed E-state index contributed by atoms with van der Waals surface area (Å²) >= 11 is 0. The fraction of sp³-hybridized carbons (Fsp3) is 1.00. The first-order chi connectivity index (χ1) is 6.21. The lowest BCUT2D eigenvalue weighted by Gasteiger charge is -2.18. The van der Waals surface area contributed by atoms with Gasteiger partial charge >= 0.3 is 0 Å². The monoisotopic (exact) mass is 227 g/mol. The second kappa shape index (κ2) is 3.73. The van der Waals surface area contributed by atoms with Crippen molar-refractivity contribution >= 4 is 10.0 Å². The molecular weight excluding hydrogens is 212 g/mol. The van der Waals surface area contributed by atoms with Crippen LogP contribution in [-0.2, 0) is 10.0 Å². The average Bonchev–Trinajstić information content (AvgIpc) is 2.28. The van der Waals surface area contributed by atoms with E-state index in [9.17, 15) is 17.2 Å². The van der Waals surface area contributed by atoms with Gasteiger partial charge in [-0.25, -0.2) is 21.5 Å². The Morgan fingerprint density at radius 1 is 1.50 bits per heavy atom. The summed E-state index contributed by atoms with van der Waals surface area (Å²) in [7, 11) is -1.82. The van der Waals surface area contributed by atoms with Crippen molar-refractivity contribution in [1.29, 1.82) is 0 Å². The predicted octanol–water partition coefficient (Wildman–Crippen LogP) is 1.31. The first-order valence-corrected chi connectivity index (χ1v) is 6.35. The molecule has 0 heterocycles. The second-order valence-electron chi connectivity index (χ2n) is 4.01. The highest BCUT2D eigenvalue weighted by Gasteiger charge is 2.40. The standard InChI is InChI=1S/C8H15F2NO2S/c1-11(14(2,12)13)6-7-3-4-8(9,10)5-7/h7H,3-6H2,1-2H3. The third-order valence-electron chi connectivity index (χ3n) is 2.59. The number of nitrogens with zero attached hydrogens (tertiary/aromatic N) is 1. The SMILES string of the molecule is CN(CC1CCC(F)(F)C1)S(C)(=O)=O. The fourth-order valence-corrected chi connectivity index (χ4v) is 2.18. The van der Waals surface area contributed by atoms with Crippen LogP contribution in [0.4, 0.5) is 8.78 Å². The van der Waals surface area contributed by atoms with Gasteiger partial charge < -0.3 is 0 Å². The molecule has 0 radical (unpaired) electrons. The van der Waals surface area contributed by atoms with E-state index in [-0.39, 0.29) is 25.3 Å². The van der Waals surface area contributed by atoms with Crippen LogP contribution in [-0.4, -0.2) is 38.5 Å². The van der Waals surface area contributed by atoms with Gasteiger partial charge in [0.05, 0.1) is 6.26 Å². The molecule has 0 aromatic carbocycles. The largest absolute Gasteiger partial charge is 0.248 e. The van der Waals surface area contributed by atoms with Gasteiger partial charge in [-0.15, -0.1) is 0 Å². The number of rotatable bonds is 3. The van der Waals surface area contributed by atoms with Gasteiger partial charge in [0, 0.05) is 26.4 Å². The van der Waals surface area contributed by atoms with E-state index in [1.54, 1.807) is 0 Å². The maximum Gasteiger partial charge on any atom is 0.248 e. The smallest absolute Gasteiger partial charge is 0.213 e. The first-order valence-electron chi connectivity index (χ1n) is 4.50. The highest BCUT2D eigenvalue weighted by atomic mass is 32.2. The van der Waals surface area contributed by atoms with Crippen molar-refractivity contribution in [2.75, 3.05) is 19.8 Å². The van der Waals surface area contributed by atoms with E-state index in [2.05, 4.69) is 0 Å². The summed E-state index contributed by atoms with van der Waals surface area (Å²) in [6, 6.07) is 0. The van der Waals surface area contributed by atoms with Crippen LogP contribution in [0.5, 0.6) is 0 Å². The van der Waals surface area contributed by atoms with Crippen LogP contribution < -0.4 is 0 Å². The molecular formula is C8H15F2NO2S. The van der Waals surface area contributed by atoms with Gasteiger partial charge in [0.1, 0.15) is 0 Å². The van der Waals surface area contributed by atoms with Crippen LogP contribution in [0.15, 0.2) is 0 Å². The number of sulfonamides is 1. The Labute approximate surface area is 83.1 Å². The Balaban J connectivity index is 2.48. The van der Waals surface area contributed by atoms with Gasteiger partial charge in [0.15, 0.2) is 0 Å². The molecule has 84 valence electrons. The summed E-state index contributed by atoms with van der Waals surface area (Å²) in [5.74, 6) is -2.80. The molecule has 0 aromatic rings. The molecule has 1 saturated carbocycles. The summed E-state index contributed by atoms with van der Waals surface area (Å²) in [4.78, 5) is 0. The molecule has 1 unspecified atom stereocenters. The molecule has 1 rings (SSSR count). The molecule has 0 spiro atoms. The van der Waals surface area contributed by atoms with Crippen molar-refractivity contribution in [3.63, 3.8) is 0 Å². The van der Waals surface area contributed by atoms with Crippen molar-refractivity contribution in [2.24, 2.45) is 5.92 Å². The molecule has 0 bridgehead atoms. The Morgan fingerprint density at radius 2 is 2.07 bits per heavy atom. The molecule has 1 atom stereocenters. The topological polar surface area (TPSA) is 37.4 Å². The zero-order chi connectivity index (χ0) is 11.0. The predicted molar refractivity (Wildman–Crippen MR) is 49.8 cm³/mol. The summed E-state index contributed by atoms with van der Waals surface area (Å²) in [6.07, 6.45) is 1.19. The molecule has 0 amide bonds. The number of alkyl halides is 2. The highest BCUT2D eigenvalue weighted by Crippen LogP contribution is 2.39. The normalized spacial score (nSPS) is 27.1. The minimum absolute atomic E-state index is 0.116. The molecule has 0 N–H and O–H groups in total. The van der Waals surface area contributed by atoms with Gasteiger partial charge in [-0.3, -0.25) is 0 Å². The lowest BCUT2D eigenvalue weighted by atomic mass is 10.1. The molecule has 1 aliphatic carbocycles. The Hall–Kier alpha value is -0.230. The van der Waals surface area contributed by atoms with E-state index >= 15 is 0 Å². The third-order valence-corrected chi connectivity index (χ3v) is 3.87. The van der Waals surface area contributed by atoms with Gasteiger partial charge in [-0.1, -0.05) is 0 Å². The summed E-state index contributed by atoms with van der Waals surface area (Å²) in [6.45, 7) is 0.203. The number of halogens is 2. The van der Waals surface area contributed by atoms with Gasteiger partial charge in [0.25, 0.3) is 0 Å². The van der Waals surface area contributed by atoms with E-state index in [4.69, 9.17) is 0 Å². The van der Waals surface area contributed by atoms with E-state index in [1.807, 2.05) is 0 Å².